The lowest BCUT2D eigenvalue weighted by Crippen LogP contribution is -2.32. The van der Waals surface area contributed by atoms with E-state index >= 15 is 0 Å². The Balaban J connectivity index is 1.63. The zero-order valence-electron chi connectivity index (χ0n) is 18.9. The van der Waals surface area contributed by atoms with Gasteiger partial charge in [-0.2, -0.15) is 18.3 Å². The number of aryl methyl sites for hydroxylation is 2. The molecule has 0 saturated carbocycles. The number of carbonyl (C=O) groups excluding carboxylic acids is 1. The Morgan fingerprint density at radius 1 is 1.24 bits per heavy atom. The zero-order chi connectivity index (χ0) is 25.3. The Morgan fingerprint density at radius 2 is 1.94 bits per heavy atom. The molecular weight excluding hydrogens is 475 g/mol. The topological polar surface area (TPSA) is 119 Å². The largest absolute Gasteiger partial charge is 0.416 e. The van der Waals surface area contributed by atoms with Gasteiger partial charge < -0.3 is 9.84 Å². The van der Waals surface area contributed by atoms with Crippen molar-refractivity contribution in [3.63, 3.8) is 0 Å². The highest BCUT2D eigenvalue weighted by atomic mass is 32.2. The summed E-state index contributed by atoms with van der Waals surface area (Å²) in [7, 11) is -3.88. The standard InChI is InChI=1S/C21H24F3N5O4S/c1-12(27-19(30)8-9-26-34(31,32)20-13(2)28-33-15(20)4)18-11-25-29(14(18)3)17-7-5-6-16(10-17)21(22,23)24/h5-7,10-12,26H,8-9H2,1-4H3,(H,27,30). The smallest absolute Gasteiger partial charge is 0.360 e. The predicted octanol–water partition coefficient (Wildman–Crippen LogP) is 3.35. The van der Waals surface area contributed by atoms with Crippen molar-refractivity contribution in [2.24, 2.45) is 0 Å². The summed E-state index contributed by atoms with van der Waals surface area (Å²) in [6, 6.07) is 4.27. The number of rotatable bonds is 8. The molecule has 0 aliphatic rings. The van der Waals surface area contributed by atoms with Crippen LogP contribution in [0.3, 0.4) is 0 Å². The van der Waals surface area contributed by atoms with Gasteiger partial charge in [-0.05, 0) is 45.9 Å². The maximum Gasteiger partial charge on any atom is 0.416 e. The van der Waals surface area contributed by atoms with Crippen molar-refractivity contribution in [3.05, 3.63) is 58.7 Å². The highest BCUT2D eigenvalue weighted by molar-refractivity contribution is 7.89. The minimum atomic E-state index is -4.48. The summed E-state index contributed by atoms with van der Waals surface area (Å²) in [4.78, 5) is 12.3. The Hall–Kier alpha value is -3.19. The molecule has 34 heavy (non-hydrogen) atoms. The number of alkyl halides is 3. The monoisotopic (exact) mass is 499 g/mol. The third kappa shape index (κ3) is 5.47. The number of benzene rings is 1. The van der Waals surface area contributed by atoms with Gasteiger partial charge in [0.25, 0.3) is 0 Å². The molecule has 1 aromatic carbocycles. The lowest BCUT2D eigenvalue weighted by atomic mass is 10.1. The van der Waals surface area contributed by atoms with Crippen LogP contribution in [0.5, 0.6) is 0 Å². The van der Waals surface area contributed by atoms with Crippen molar-refractivity contribution in [2.45, 2.75) is 51.2 Å². The van der Waals surface area contributed by atoms with Gasteiger partial charge in [-0.1, -0.05) is 11.2 Å². The summed E-state index contributed by atoms with van der Waals surface area (Å²) in [5.74, 6) is -0.267. The number of aromatic nitrogens is 3. The number of carbonyl (C=O) groups is 1. The van der Waals surface area contributed by atoms with Crippen LogP contribution in [0.25, 0.3) is 5.69 Å². The van der Waals surface area contributed by atoms with E-state index in [0.717, 1.165) is 12.1 Å². The molecule has 2 N–H and O–H groups in total. The van der Waals surface area contributed by atoms with Gasteiger partial charge in [-0.3, -0.25) is 4.79 Å². The van der Waals surface area contributed by atoms with E-state index in [2.05, 4.69) is 20.3 Å². The molecule has 0 radical (unpaired) electrons. The SMILES string of the molecule is Cc1noc(C)c1S(=O)(=O)NCCC(=O)NC(C)c1cnn(-c2cccc(C(F)(F)F)c2)c1C. The second kappa shape index (κ2) is 9.58. The highest BCUT2D eigenvalue weighted by Crippen LogP contribution is 2.31. The van der Waals surface area contributed by atoms with Crippen molar-refractivity contribution in [3.8, 4) is 5.69 Å². The van der Waals surface area contributed by atoms with Crippen LogP contribution in [0.1, 0.15) is 47.7 Å². The minimum Gasteiger partial charge on any atom is -0.360 e. The van der Waals surface area contributed by atoms with E-state index in [1.54, 1.807) is 13.8 Å². The fourth-order valence-corrected chi connectivity index (χ4v) is 4.90. The summed E-state index contributed by atoms with van der Waals surface area (Å²) < 4.78 is 72.5. The molecule has 3 rings (SSSR count). The number of halogens is 3. The number of sulfonamides is 1. The van der Waals surface area contributed by atoms with E-state index < -0.39 is 33.7 Å². The van der Waals surface area contributed by atoms with Crippen molar-refractivity contribution in [1.82, 2.24) is 25.0 Å². The van der Waals surface area contributed by atoms with Crippen LogP contribution in [-0.4, -0.2) is 35.8 Å². The third-order valence-electron chi connectivity index (χ3n) is 5.19. The molecule has 0 aliphatic carbocycles. The lowest BCUT2D eigenvalue weighted by molar-refractivity contribution is -0.137. The highest BCUT2D eigenvalue weighted by Gasteiger charge is 2.31. The van der Waals surface area contributed by atoms with E-state index in [1.807, 2.05) is 0 Å². The van der Waals surface area contributed by atoms with Gasteiger partial charge in [0.15, 0.2) is 5.76 Å². The third-order valence-corrected chi connectivity index (χ3v) is 6.90. The Bertz CT molecular complexity index is 1280. The number of hydrogen-bond donors (Lipinski definition) is 2. The molecule has 1 unspecified atom stereocenters. The maximum atomic E-state index is 13.0. The van der Waals surface area contributed by atoms with E-state index in [1.165, 1.54) is 36.9 Å². The van der Waals surface area contributed by atoms with Crippen LogP contribution in [-0.2, 0) is 21.0 Å². The van der Waals surface area contributed by atoms with Crippen LogP contribution >= 0.6 is 0 Å². The van der Waals surface area contributed by atoms with Crippen LogP contribution in [0.15, 0.2) is 39.9 Å². The number of nitrogens with zero attached hydrogens (tertiary/aromatic N) is 3. The van der Waals surface area contributed by atoms with Gasteiger partial charge in [-0.15, -0.1) is 0 Å². The molecule has 0 aliphatic heterocycles. The molecule has 2 aromatic heterocycles. The van der Waals surface area contributed by atoms with Gasteiger partial charge in [0.05, 0.1) is 23.5 Å². The van der Waals surface area contributed by atoms with Crippen LogP contribution < -0.4 is 10.0 Å². The Labute approximate surface area is 194 Å². The van der Waals surface area contributed by atoms with Crippen LogP contribution in [0, 0.1) is 20.8 Å². The van der Waals surface area contributed by atoms with Gasteiger partial charge in [0, 0.05) is 24.2 Å². The lowest BCUT2D eigenvalue weighted by Gasteiger charge is -2.15. The van der Waals surface area contributed by atoms with Crippen molar-refractivity contribution in [2.75, 3.05) is 6.54 Å². The van der Waals surface area contributed by atoms with Crippen molar-refractivity contribution in [1.29, 1.82) is 0 Å². The molecular formula is C21H24F3N5O4S. The molecule has 13 heteroatoms. The first-order chi connectivity index (χ1) is 15.8. The van der Waals surface area contributed by atoms with E-state index in [-0.39, 0.29) is 35.0 Å². The second-order valence-corrected chi connectivity index (χ2v) is 9.44. The van der Waals surface area contributed by atoms with Gasteiger partial charge >= 0.3 is 6.18 Å². The average Bonchev–Trinajstić information content (AvgIpc) is 3.29. The van der Waals surface area contributed by atoms with E-state index in [0.29, 0.717) is 11.3 Å². The van der Waals surface area contributed by atoms with Crippen LogP contribution in [0.2, 0.25) is 0 Å². The first-order valence-electron chi connectivity index (χ1n) is 10.3. The van der Waals surface area contributed by atoms with Gasteiger partial charge in [-0.25, -0.2) is 17.8 Å². The van der Waals surface area contributed by atoms with Crippen molar-refractivity contribution >= 4 is 15.9 Å². The molecule has 2 heterocycles. The molecule has 184 valence electrons. The average molecular weight is 500 g/mol. The molecule has 1 amide bonds. The first-order valence-corrected chi connectivity index (χ1v) is 11.7. The summed E-state index contributed by atoms with van der Waals surface area (Å²) >= 11 is 0. The molecule has 9 nitrogen and oxygen atoms in total. The predicted molar refractivity (Wildman–Crippen MR) is 116 cm³/mol. The number of hydrogen-bond acceptors (Lipinski definition) is 6. The fraction of sp³-hybridized carbons (Fsp3) is 0.381. The van der Waals surface area contributed by atoms with E-state index in [9.17, 15) is 26.4 Å². The fourth-order valence-electron chi connectivity index (χ4n) is 3.54. The normalized spacial score (nSPS) is 13.1. The summed E-state index contributed by atoms with van der Waals surface area (Å²) in [6.45, 7) is 6.22. The quantitative estimate of drug-likeness (QED) is 0.491. The summed E-state index contributed by atoms with van der Waals surface area (Å²) in [5.41, 5.74) is 0.845. The molecule has 1 atom stereocenters. The Kier molecular flexibility index (Phi) is 7.17. The van der Waals surface area contributed by atoms with Crippen LogP contribution in [0.4, 0.5) is 13.2 Å². The molecule has 3 aromatic rings. The van der Waals surface area contributed by atoms with Gasteiger partial charge in [0.2, 0.25) is 15.9 Å². The van der Waals surface area contributed by atoms with E-state index in [4.69, 9.17) is 4.52 Å². The molecule has 0 saturated heterocycles. The number of nitrogens with one attached hydrogen (secondary N) is 2. The molecule has 0 bridgehead atoms. The minimum absolute atomic E-state index is 0.0566. The maximum absolute atomic E-state index is 13.0. The summed E-state index contributed by atoms with van der Waals surface area (Å²) in [6.07, 6.45) is -3.14. The second-order valence-electron chi connectivity index (χ2n) is 7.74. The number of amides is 1. The molecule has 0 fully saturated rings. The van der Waals surface area contributed by atoms with Gasteiger partial charge in [0.1, 0.15) is 10.6 Å². The molecule has 0 spiro atoms. The van der Waals surface area contributed by atoms with Crippen molar-refractivity contribution < 1.29 is 30.9 Å². The Morgan fingerprint density at radius 3 is 2.56 bits per heavy atom. The zero-order valence-corrected chi connectivity index (χ0v) is 19.7. The first kappa shape index (κ1) is 25.4. The summed E-state index contributed by atoms with van der Waals surface area (Å²) in [5, 5.41) is 10.5.